The van der Waals surface area contributed by atoms with Gasteiger partial charge < -0.3 is 0 Å². The Kier molecular flexibility index (Phi) is 1.54. The highest BCUT2D eigenvalue weighted by Crippen LogP contribution is 2.16. The van der Waals surface area contributed by atoms with Crippen LogP contribution in [0.4, 0.5) is 0 Å². The fraction of sp³-hybridized carbons (Fsp3) is 0.200. The average Bonchev–Trinajstić information content (AvgIpc) is 2.12. The second-order valence-corrected chi connectivity index (χ2v) is 2.83. The first-order valence-corrected chi connectivity index (χ1v) is 3.89. The maximum Gasteiger partial charge on any atom is 0.0684 e. The van der Waals surface area contributed by atoms with E-state index >= 15 is 0 Å². The molecule has 1 aromatic heterocycles. The number of fused-ring (bicyclic) bond motifs is 1. The monoisotopic (exact) mass is 157 g/mol. The molecular formula is C10H9N2. The average molecular weight is 157 g/mol. The van der Waals surface area contributed by atoms with Crippen LogP contribution >= 0.6 is 0 Å². The topological polar surface area (TPSA) is 25.8 Å². The lowest BCUT2D eigenvalue weighted by molar-refractivity contribution is 0.964. The molecule has 0 fully saturated rings. The molecule has 0 N–H and O–H groups in total. The predicted octanol–water partition coefficient (Wildman–Crippen LogP) is 2.05. The fourth-order valence-corrected chi connectivity index (χ4v) is 1.29. The Morgan fingerprint density at radius 1 is 1.17 bits per heavy atom. The molecule has 1 aromatic carbocycles. The van der Waals surface area contributed by atoms with Crippen molar-refractivity contribution < 1.29 is 0 Å². The molecule has 0 spiro atoms. The van der Waals surface area contributed by atoms with E-state index in [1.54, 1.807) is 0 Å². The molecule has 0 aliphatic carbocycles. The summed E-state index contributed by atoms with van der Waals surface area (Å²) >= 11 is 0. The summed E-state index contributed by atoms with van der Waals surface area (Å²) in [4.78, 5) is 0. The van der Waals surface area contributed by atoms with Gasteiger partial charge in [-0.25, -0.2) is 0 Å². The zero-order valence-corrected chi connectivity index (χ0v) is 7.13. The van der Waals surface area contributed by atoms with Crippen LogP contribution < -0.4 is 0 Å². The largest absolute Gasteiger partial charge is 0.155 e. The first kappa shape index (κ1) is 7.22. The van der Waals surface area contributed by atoms with Gasteiger partial charge in [0.1, 0.15) is 0 Å². The van der Waals surface area contributed by atoms with Crippen molar-refractivity contribution >= 4 is 10.8 Å². The molecule has 2 nitrogen and oxygen atoms in total. The molecular weight excluding hydrogens is 148 g/mol. The minimum Gasteiger partial charge on any atom is -0.155 e. The SMILES string of the molecule is Cc1nnc(C)c2ccc[c]c12. The van der Waals surface area contributed by atoms with Crippen molar-refractivity contribution in [2.75, 3.05) is 0 Å². The highest BCUT2D eigenvalue weighted by molar-refractivity contribution is 5.85. The highest BCUT2D eigenvalue weighted by atomic mass is 15.1. The van der Waals surface area contributed by atoms with Crippen molar-refractivity contribution in [2.45, 2.75) is 13.8 Å². The van der Waals surface area contributed by atoms with E-state index in [-0.39, 0.29) is 0 Å². The van der Waals surface area contributed by atoms with Gasteiger partial charge in [-0.1, -0.05) is 18.2 Å². The number of aromatic nitrogens is 2. The number of aryl methyl sites for hydroxylation is 2. The third-order valence-corrected chi connectivity index (χ3v) is 1.96. The maximum absolute atomic E-state index is 4.04. The molecule has 0 aliphatic rings. The molecule has 12 heavy (non-hydrogen) atoms. The molecule has 0 unspecified atom stereocenters. The summed E-state index contributed by atoms with van der Waals surface area (Å²) in [6.07, 6.45) is 0. The molecule has 0 saturated heterocycles. The van der Waals surface area contributed by atoms with Gasteiger partial charge in [0.25, 0.3) is 0 Å². The van der Waals surface area contributed by atoms with Gasteiger partial charge in [-0.05, 0) is 19.9 Å². The number of rotatable bonds is 0. The zero-order valence-electron chi connectivity index (χ0n) is 7.13. The van der Waals surface area contributed by atoms with E-state index in [2.05, 4.69) is 16.3 Å². The summed E-state index contributed by atoms with van der Waals surface area (Å²) in [5, 5.41) is 10.3. The van der Waals surface area contributed by atoms with Gasteiger partial charge in [0.2, 0.25) is 0 Å². The number of benzene rings is 1. The normalized spacial score (nSPS) is 10.5. The van der Waals surface area contributed by atoms with Crippen LogP contribution in [0.3, 0.4) is 0 Å². The van der Waals surface area contributed by atoms with E-state index in [1.165, 1.54) is 0 Å². The lowest BCUT2D eigenvalue weighted by Gasteiger charge is -2.00. The van der Waals surface area contributed by atoms with Crippen molar-refractivity contribution in [3.05, 3.63) is 35.7 Å². The maximum atomic E-state index is 4.04. The van der Waals surface area contributed by atoms with Crippen LogP contribution in [0, 0.1) is 19.9 Å². The second-order valence-electron chi connectivity index (χ2n) is 2.83. The van der Waals surface area contributed by atoms with Gasteiger partial charge >= 0.3 is 0 Å². The van der Waals surface area contributed by atoms with Crippen molar-refractivity contribution in [1.29, 1.82) is 0 Å². The third kappa shape index (κ3) is 0.961. The van der Waals surface area contributed by atoms with Gasteiger partial charge in [0.15, 0.2) is 0 Å². The van der Waals surface area contributed by atoms with E-state index in [1.807, 2.05) is 32.0 Å². The molecule has 0 aliphatic heterocycles. The molecule has 1 radical (unpaired) electrons. The van der Waals surface area contributed by atoms with Crippen LogP contribution in [0.5, 0.6) is 0 Å². The van der Waals surface area contributed by atoms with Crippen molar-refractivity contribution in [2.24, 2.45) is 0 Å². The van der Waals surface area contributed by atoms with E-state index in [4.69, 9.17) is 0 Å². The standard InChI is InChI=1S/C10H9N2/c1-7-9-5-3-4-6-10(9)8(2)12-11-7/h3-5H,1-2H3. The molecule has 1 heterocycles. The summed E-state index contributed by atoms with van der Waals surface area (Å²) in [6.45, 7) is 3.91. The third-order valence-electron chi connectivity index (χ3n) is 1.96. The molecule has 2 rings (SSSR count). The first-order chi connectivity index (χ1) is 5.79. The van der Waals surface area contributed by atoms with Crippen molar-refractivity contribution in [3.63, 3.8) is 0 Å². The van der Waals surface area contributed by atoms with Gasteiger partial charge in [-0.2, -0.15) is 10.2 Å². The summed E-state index contributed by atoms with van der Waals surface area (Å²) in [7, 11) is 0. The second kappa shape index (κ2) is 2.55. The van der Waals surface area contributed by atoms with Crippen molar-refractivity contribution in [3.8, 4) is 0 Å². The van der Waals surface area contributed by atoms with Crippen LogP contribution in [0.1, 0.15) is 11.4 Å². The Bertz CT molecular complexity index is 381. The lowest BCUT2D eigenvalue weighted by atomic mass is 10.1. The molecule has 0 atom stereocenters. The Hall–Kier alpha value is -1.44. The molecule has 0 saturated carbocycles. The minimum absolute atomic E-state index is 0.941. The van der Waals surface area contributed by atoms with Crippen LogP contribution in [-0.4, -0.2) is 10.2 Å². The van der Waals surface area contributed by atoms with Gasteiger partial charge in [-0.15, -0.1) is 0 Å². The minimum atomic E-state index is 0.941. The molecule has 0 amide bonds. The quantitative estimate of drug-likeness (QED) is 0.585. The highest BCUT2D eigenvalue weighted by Gasteiger charge is 2.00. The molecule has 59 valence electrons. The summed E-state index contributed by atoms with van der Waals surface area (Å²) < 4.78 is 0. The van der Waals surface area contributed by atoms with Gasteiger partial charge in [-0.3, -0.25) is 0 Å². The Morgan fingerprint density at radius 2 is 1.92 bits per heavy atom. The van der Waals surface area contributed by atoms with Gasteiger partial charge in [0, 0.05) is 10.8 Å². The summed E-state index contributed by atoms with van der Waals surface area (Å²) in [5.41, 5.74) is 1.91. The number of nitrogens with zero attached hydrogens (tertiary/aromatic N) is 2. The van der Waals surface area contributed by atoms with E-state index in [9.17, 15) is 0 Å². The Labute approximate surface area is 71.3 Å². The van der Waals surface area contributed by atoms with E-state index in [0.29, 0.717) is 0 Å². The van der Waals surface area contributed by atoms with Crippen LogP contribution in [0.25, 0.3) is 10.8 Å². The van der Waals surface area contributed by atoms with Crippen LogP contribution in [-0.2, 0) is 0 Å². The smallest absolute Gasteiger partial charge is 0.0684 e. The summed E-state index contributed by atoms with van der Waals surface area (Å²) in [6, 6.07) is 9.07. The van der Waals surface area contributed by atoms with Crippen LogP contribution in [0.15, 0.2) is 18.2 Å². The van der Waals surface area contributed by atoms with E-state index < -0.39 is 0 Å². The van der Waals surface area contributed by atoms with Gasteiger partial charge in [0.05, 0.1) is 11.4 Å². The predicted molar refractivity (Wildman–Crippen MR) is 47.8 cm³/mol. The number of hydrogen-bond acceptors (Lipinski definition) is 2. The lowest BCUT2D eigenvalue weighted by Crippen LogP contribution is -1.92. The zero-order chi connectivity index (χ0) is 8.55. The molecule has 0 bridgehead atoms. The number of hydrogen-bond donors (Lipinski definition) is 0. The Balaban J connectivity index is 2.95. The first-order valence-electron chi connectivity index (χ1n) is 3.89. The molecule has 2 heteroatoms. The fourth-order valence-electron chi connectivity index (χ4n) is 1.29. The van der Waals surface area contributed by atoms with Crippen molar-refractivity contribution in [1.82, 2.24) is 10.2 Å². The molecule has 2 aromatic rings. The Morgan fingerprint density at radius 3 is 2.67 bits per heavy atom. The van der Waals surface area contributed by atoms with Crippen LogP contribution in [0.2, 0.25) is 0 Å². The summed E-state index contributed by atoms with van der Waals surface area (Å²) in [5.74, 6) is 0. The van der Waals surface area contributed by atoms with E-state index in [0.717, 1.165) is 22.2 Å².